The Morgan fingerprint density at radius 3 is 2.67 bits per heavy atom. The van der Waals surface area contributed by atoms with E-state index in [-0.39, 0.29) is 12.5 Å². The number of thiazole rings is 1. The fraction of sp³-hybridized carbons (Fsp3) is 0.467. The van der Waals surface area contributed by atoms with Gasteiger partial charge in [0, 0.05) is 10.9 Å². The summed E-state index contributed by atoms with van der Waals surface area (Å²) in [4.78, 5) is 17.6. The molecule has 0 aliphatic rings. The van der Waals surface area contributed by atoms with Gasteiger partial charge in [0.1, 0.15) is 9.88 Å². The highest BCUT2D eigenvalue weighted by molar-refractivity contribution is 7.17. The largest absolute Gasteiger partial charge is 0.394 e. The summed E-state index contributed by atoms with van der Waals surface area (Å²) in [5.74, 6) is -0.149. The Labute approximate surface area is 132 Å². The molecule has 1 amide bonds. The van der Waals surface area contributed by atoms with Crippen molar-refractivity contribution in [2.75, 3.05) is 6.61 Å². The van der Waals surface area contributed by atoms with Crippen LogP contribution in [0.5, 0.6) is 0 Å². The fourth-order valence-corrected chi connectivity index (χ4v) is 3.78. The molecule has 0 unspecified atom stereocenters. The van der Waals surface area contributed by atoms with Crippen LogP contribution in [0.3, 0.4) is 0 Å². The Kier molecular flexibility index (Phi) is 5.13. The molecule has 0 saturated heterocycles. The standard InChI is InChI=1S/C15H20N2O2S2/c1-4-15(5-2,9-18)17-13(19)12-10(3)16-14(21-12)11-6-7-20-8-11/h6-8,18H,4-5,9H2,1-3H3,(H,17,19). The van der Waals surface area contributed by atoms with Gasteiger partial charge in [-0.2, -0.15) is 11.3 Å². The number of nitrogens with zero attached hydrogens (tertiary/aromatic N) is 1. The van der Waals surface area contributed by atoms with Crippen LogP contribution in [0.4, 0.5) is 0 Å². The molecule has 0 bridgehead atoms. The van der Waals surface area contributed by atoms with Crippen LogP contribution < -0.4 is 5.32 Å². The van der Waals surface area contributed by atoms with Crippen LogP contribution in [-0.2, 0) is 0 Å². The number of aliphatic hydroxyl groups is 1. The van der Waals surface area contributed by atoms with Gasteiger partial charge in [-0.25, -0.2) is 4.98 Å². The summed E-state index contributed by atoms with van der Waals surface area (Å²) in [6.45, 7) is 5.73. The first kappa shape index (κ1) is 16.1. The Bertz CT molecular complexity index is 593. The zero-order valence-corrected chi connectivity index (χ0v) is 14.1. The van der Waals surface area contributed by atoms with Crippen LogP contribution in [0.15, 0.2) is 16.8 Å². The summed E-state index contributed by atoms with van der Waals surface area (Å²) in [7, 11) is 0. The molecule has 4 nitrogen and oxygen atoms in total. The molecule has 0 aromatic carbocycles. The molecular weight excluding hydrogens is 304 g/mol. The first-order chi connectivity index (χ1) is 10.0. The molecule has 2 N–H and O–H groups in total. The number of aliphatic hydroxyl groups excluding tert-OH is 1. The van der Waals surface area contributed by atoms with E-state index in [1.54, 1.807) is 11.3 Å². The second kappa shape index (κ2) is 6.68. The van der Waals surface area contributed by atoms with E-state index >= 15 is 0 Å². The molecule has 0 aliphatic heterocycles. The molecule has 2 rings (SSSR count). The molecule has 2 aromatic heterocycles. The van der Waals surface area contributed by atoms with E-state index in [1.807, 2.05) is 37.6 Å². The van der Waals surface area contributed by atoms with Gasteiger partial charge in [-0.15, -0.1) is 11.3 Å². The lowest BCUT2D eigenvalue weighted by Crippen LogP contribution is -2.50. The number of carbonyl (C=O) groups is 1. The maximum absolute atomic E-state index is 12.5. The Hall–Kier alpha value is -1.24. The van der Waals surface area contributed by atoms with Crippen LogP contribution in [-0.4, -0.2) is 28.1 Å². The van der Waals surface area contributed by atoms with Crippen LogP contribution in [0, 0.1) is 6.92 Å². The minimum atomic E-state index is -0.546. The van der Waals surface area contributed by atoms with Crippen molar-refractivity contribution in [1.82, 2.24) is 10.3 Å². The van der Waals surface area contributed by atoms with Crippen LogP contribution >= 0.6 is 22.7 Å². The van der Waals surface area contributed by atoms with Crippen LogP contribution in [0.25, 0.3) is 10.6 Å². The zero-order valence-electron chi connectivity index (χ0n) is 12.5. The van der Waals surface area contributed by atoms with E-state index in [1.165, 1.54) is 11.3 Å². The van der Waals surface area contributed by atoms with E-state index in [4.69, 9.17) is 0 Å². The first-order valence-corrected chi connectivity index (χ1v) is 8.74. The minimum absolute atomic E-state index is 0.0546. The SMILES string of the molecule is CCC(CC)(CO)NC(=O)c1sc(-c2ccsc2)nc1C. The molecule has 0 atom stereocenters. The van der Waals surface area contributed by atoms with Crippen molar-refractivity contribution in [3.8, 4) is 10.6 Å². The second-order valence-corrected chi connectivity index (χ2v) is 6.82. The molecule has 6 heteroatoms. The van der Waals surface area contributed by atoms with E-state index in [9.17, 15) is 9.90 Å². The van der Waals surface area contributed by atoms with Gasteiger partial charge in [0.05, 0.1) is 17.8 Å². The number of amides is 1. The molecule has 2 aromatic rings. The average Bonchev–Trinajstić information content (AvgIpc) is 3.14. The quantitative estimate of drug-likeness (QED) is 0.855. The van der Waals surface area contributed by atoms with Gasteiger partial charge in [-0.05, 0) is 31.2 Å². The van der Waals surface area contributed by atoms with Gasteiger partial charge < -0.3 is 10.4 Å². The summed E-state index contributed by atoms with van der Waals surface area (Å²) in [5, 5.41) is 17.4. The van der Waals surface area contributed by atoms with E-state index < -0.39 is 5.54 Å². The van der Waals surface area contributed by atoms with Crippen molar-refractivity contribution >= 4 is 28.6 Å². The summed E-state index contributed by atoms with van der Waals surface area (Å²) in [6, 6.07) is 2.00. The van der Waals surface area contributed by atoms with Gasteiger partial charge in [-0.1, -0.05) is 13.8 Å². The highest BCUT2D eigenvalue weighted by atomic mass is 32.1. The van der Waals surface area contributed by atoms with Crippen LogP contribution in [0.1, 0.15) is 42.1 Å². The molecule has 21 heavy (non-hydrogen) atoms. The number of aryl methyl sites for hydroxylation is 1. The van der Waals surface area contributed by atoms with Gasteiger partial charge >= 0.3 is 0 Å². The summed E-state index contributed by atoms with van der Waals surface area (Å²) in [6.07, 6.45) is 1.39. The normalized spacial score (nSPS) is 11.6. The number of aromatic nitrogens is 1. The first-order valence-electron chi connectivity index (χ1n) is 6.98. The van der Waals surface area contributed by atoms with Gasteiger partial charge in [0.25, 0.3) is 5.91 Å². The number of rotatable bonds is 6. The second-order valence-electron chi connectivity index (χ2n) is 5.05. The molecule has 0 fully saturated rings. The number of thiophene rings is 1. The third kappa shape index (κ3) is 3.33. The maximum atomic E-state index is 12.5. The zero-order chi connectivity index (χ0) is 15.5. The highest BCUT2D eigenvalue weighted by Gasteiger charge is 2.29. The molecule has 0 saturated carbocycles. The smallest absolute Gasteiger partial charge is 0.263 e. The summed E-state index contributed by atoms with van der Waals surface area (Å²) in [5.41, 5.74) is 1.24. The van der Waals surface area contributed by atoms with Crippen molar-refractivity contribution in [2.24, 2.45) is 0 Å². The molecule has 2 heterocycles. The number of hydrogen-bond donors (Lipinski definition) is 2. The predicted octanol–water partition coefficient (Wildman–Crippen LogP) is 3.46. The van der Waals surface area contributed by atoms with Crippen LogP contribution in [0.2, 0.25) is 0 Å². The third-order valence-electron chi connectivity index (χ3n) is 3.81. The Morgan fingerprint density at radius 1 is 1.43 bits per heavy atom. The van der Waals surface area contributed by atoms with Gasteiger partial charge in [0.2, 0.25) is 0 Å². The third-order valence-corrected chi connectivity index (χ3v) is 5.69. The lowest BCUT2D eigenvalue weighted by molar-refractivity contribution is 0.0821. The van der Waals surface area contributed by atoms with Crippen molar-refractivity contribution in [3.05, 3.63) is 27.4 Å². The van der Waals surface area contributed by atoms with Crippen molar-refractivity contribution in [2.45, 2.75) is 39.2 Å². The van der Waals surface area contributed by atoms with E-state index in [0.29, 0.717) is 17.7 Å². The fourth-order valence-electron chi connectivity index (χ4n) is 2.10. The predicted molar refractivity (Wildman–Crippen MR) is 88.0 cm³/mol. The number of nitrogens with one attached hydrogen (secondary N) is 1. The molecule has 0 spiro atoms. The van der Waals surface area contributed by atoms with Gasteiger partial charge in [0.15, 0.2) is 0 Å². The van der Waals surface area contributed by atoms with E-state index in [2.05, 4.69) is 10.3 Å². The minimum Gasteiger partial charge on any atom is -0.394 e. The Balaban J connectivity index is 2.24. The van der Waals surface area contributed by atoms with Crippen molar-refractivity contribution in [3.63, 3.8) is 0 Å². The molecule has 0 radical (unpaired) electrons. The molecule has 114 valence electrons. The van der Waals surface area contributed by atoms with Gasteiger partial charge in [-0.3, -0.25) is 4.79 Å². The topological polar surface area (TPSA) is 62.2 Å². The summed E-state index contributed by atoms with van der Waals surface area (Å²) >= 11 is 3.01. The average molecular weight is 324 g/mol. The monoisotopic (exact) mass is 324 g/mol. The number of hydrogen-bond acceptors (Lipinski definition) is 5. The molecular formula is C15H20N2O2S2. The Morgan fingerprint density at radius 2 is 2.14 bits per heavy atom. The van der Waals surface area contributed by atoms with Crippen molar-refractivity contribution in [1.29, 1.82) is 0 Å². The van der Waals surface area contributed by atoms with E-state index in [0.717, 1.165) is 16.3 Å². The highest BCUT2D eigenvalue weighted by Crippen LogP contribution is 2.30. The maximum Gasteiger partial charge on any atom is 0.263 e. The van der Waals surface area contributed by atoms with Crippen molar-refractivity contribution < 1.29 is 9.90 Å². The lowest BCUT2D eigenvalue weighted by Gasteiger charge is -2.30. The lowest BCUT2D eigenvalue weighted by atomic mass is 9.94. The summed E-state index contributed by atoms with van der Waals surface area (Å²) < 4.78 is 0. The molecule has 0 aliphatic carbocycles. The number of carbonyl (C=O) groups excluding carboxylic acids is 1.